The first kappa shape index (κ1) is 11.8. The molecule has 2 rings (SSSR count). The summed E-state index contributed by atoms with van der Waals surface area (Å²) in [5.41, 5.74) is -0.712. The first-order valence-electron chi connectivity index (χ1n) is 4.99. The molecule has 0 bridgehead atoms. The summed E-state index contributed by atoms with van der Waals surface area (Å²) in [5.74, 6) is -0.433. The summed E-state index contributed by atoms with van der Waals surface area (Å²) in [4.78, 5) is 32.0. The third kappa shape index (κ3) is 1.83. The fraction of sp³-hybridized carbons (Fsp3) is 0.200. The van der Waals surface area contributed by atoms with Crippen LogP contribution in [0.2, 0.25) is 0 Å². The fourth-order valence-electron chi connectivity index (χ4n) is 1.44. The van der Waals surface area contributed by atoms with Crippen molar-refractivity contribution in [1.29, 1.82) is 0 Å². The van der Waals surface area contributed by atoms with E-state index in [1.54, 1.807) is 0 Å². The number of rotatable bonds is 1. The molecule has 0 spiro atoms. The Morgan fingerprint density at radius 1 is 1.22 bits per heavy atom. The smallest absolute Gasteiger partial charge is 0.334 e. The molecular weight excluding hydrogens is 240 g/mol. The predicted molar refractivity (Wildman–Crippen MR) is 61.1 cm³/mol. The van der Waals surface area contributed by atoms with Crippen LogP contribution in [0.4, 0.5) is 0 Å². The molecule has 0 amide bonds. The average Bonchev–Trinajstić information content (AvgIpc) is 2.29. The van der Waals surface area contributed by atoms with Crippen LogP contribution < -0.4 is 11.2 Å². The van der Waals surface area contributed by atoms with Crippen LogP contribution in [0.5, 0.6) is 11.9 Å². The zero-order valence-electron chi connectivity index (χ0n) is 9.63. The molecule has 18 heavy (non-hydrogen) atoms. The highest BCUT2D eigenvalue weighted by molar-refractivity contribution is 5.40. The Morgan fingerprint density at radius 2 is 1.89 bits per heavy atom. The quantitative estimate of drug-likeness (QED) is 0.618. The van der Waals surface area contributed by atoms with Gasteiger partial charge in [-0.25, -0.2) is 4.79 Å². The summed E-state index contributed by atoms with van der Waals surface area (Å²) in [6, 6.07) is -0.663. The molecule has 0 saturated carbocycles. The second-order valence-corrected chi connectivity index (χ2v) is 3.74. The standard InChI is InChI=1S/C10H10N4O4/c1-4-3-14(10(18)13-7(4)15)6-5(2)8(16)12-9(17)11-6/h3H,1-2H3,(H,13,15,18)(H2,11,12,16,17). The van der Waals surface area contributed by atoms with Crippen molar-refractivity contribution < 1.29 is 10.2 Å². The second-order valence-electron chi connectivity index (χ2n) is 3.74. The van der Waals surface area contributed by atoms with Gasteiger partial charge in [0.2, 0.25) is 5.88 Å². The van der Waals surface area contributed by atoms with Gasteiger partial charge in [-0.1, -0.05) is 0 Å². The average molecular weight is 250 g/mol. The zero-order valence-corrected chi connectivity index (χ0v) is 9.63. The topological polar surface area (TPSA) is 121 Å². The predicted octanol–water partition coefficient (Wildman–Crippen LogP) is -0.656. The molecule has 0 radical (unpaired) electrons. The maximum atomic E-state index is 11.7. The Hall–Kier alpha value is -2.64. The van der Waals surface area contributed by atoms with Gasteiger partial charge in [-0.15, -0.1) is 0 Å². The van der Waals surface area contributed by atoms with Gasteiger partial charge in [0, 0.05) is 11.8 Å². The number of hydrogen-bond donors (Lipinski definition) is 3. The van der Waals surface area contributed by atoms with Crippen molar-refractivity contribution in [2.24, 2.45) is 0 Å². The molecule has 0 saturated heterocycles. The van der Waals surface area contributed by atoms with E-state index in [1.165, 1.54) is 20.0 Å². The number of H-pyrrole nitrogens is 1. The van der Waals surface area contributed by atoms with E-state index in [0.717, 1.165) is 4.57 Å². The van der Waals surface area contributed by atoms with E-state index in [9.17, 15) is 19.8 Å². The van der Waals surface area contributed by atoms with Gasteiger partial charge >= 0.3 is 11.7 Å². The van der Waals surface area contributed by atoms with E-state index in [1.807, 2.05) is 0 Å². The molecule has 0 aromatic carbocycles. The summed E-state index contributed by atoms with van der Waals surface area (Å²) < 4.78 is 1.02. The fourth-order valence-corrected chi connectivity index (χ4v) is 1.44. The third-order valence-electron chi connectivity index (χ3n) is 2.43. The van der Waals surface area contributed by atoms with Gasteiger partial charge in [0.1, 0.15) is 0 Å². The molecule has 0 aliphatic heterocycles. The highest BCUT2D eigenvalue weighted by Crippen LogP contribution is 2.20. The van der Waals surface area contributed by atoms with Crippen LogP contribution in [-0.2, 0) is 0 Å². The van der Waals surface area contributed by atoms with E-state index in [-0.39, 0.29) is 11.4 Å². The maximum absolute atomic E-state index is 11.7. The van der Waals surface area contributed by atoms with Crippen molar-refractivity contribution in [2.45, 2.75) is 13.8 Å². The normalized spacial score (nSPS) is 10.6. The SMILES string of the molecule is Cc1c(O)nc(O)nc1-n1cc(C)c(=O)[nH]c1=O. The number of aromatic amines is 1. The van der Waals surface area contributed by atoms with E-state index in [4.69, 9.17) is 0 Å². The molecule has 0 atom stereocenters. The van der Waals surface area contributed by atoms with Gasteiger partial charge in [0.25, 0.3) is 5.56 Å². The minimum absolute atomic E-state index is 0.00403. The lowest BCUT2D eigenvalue weighted by molar-refractivity contribution is 0.393. The van der Waals surface area contributed by atoms with Crippen molar-refractivity contribution >= 4 is 0 Å². The van der Waals surface area contributed by atoms with Gasteiger partial charge < -0.3 is 10.2 Å². The summed E-state index contributed by atoms with van der Waals surface area (Å²) >= 11 is 0. The monoisotopic (exact) mass is 250 g/mol. The van der Waals surface area contributed by atoms with E-state index in [0.29, 0.717) is 5.56 Å². The van der Waals surface area contributed by atoms with Gasteiger partial charge in [0.15, 0.2) is 5.82 Å². The molecule has 2 heterocycles. The Labute approximate surface area is 100 Å². The lowest BCUT2D eigenvalue weighted by Gasteiger charge is -2.08. The van der Waals surface area contributed by atoms with Crippen LogP contribution in [0.25, 0.3) is 5.82 Å². The number of hydrogen-bond acceptors (Lipinski definition) is 6. The lowest BCUT2D eigenvalue weighted by Crippen LogP contribution is -2.30. The van der Waals surface area contributed by atoms with E-state index < -0.39 is 23.1 Å². The van der Waals surface area contributed by atoms with Crippen molar-refractivity contribution in [3.63, 3.8) is 0 Å². The molecule has 2 aromatic rings. The number of nitrogens with zero attached hydrogens (tertiary/aromatic N) is 3. The van der Waals surface area contributed by atoms with Crippen LogP contribution in [0.1, 0.15) is 11.1 Å². The second kappa shape index (κ2) is 3.99. The molecule has 8 nitrogen and oxygen atoms in total. The number of aromatic hydroxyl groups is 2. The van der Waals surface area contributed by atoms with Gasteiger partial charge in [-0.3, -0.25) is 14.3 Å². The molecule has 0 unspecified atom stereocenters. The molecule has 2 aromatic heterocycles. The van der Waals surface area contributed by atoms with E-state index >= 15 is 0 Å². The molecule has 0 aliphatic carbocycles. The van der Waals surface area contributed by atoms with Gasteiger partial charge in [-0.05, 0) is 13.8 Å². The minimum atomic E-state index is -0.716. The first-order chi connectivity index (χ1) is 8.40. The van der Waals surface area contributed by atoms with Gasteiger partial charge in [-0.2, -0.15) is 9.97 Å². The van der Waals surface area contributed by atoms with Crippen LogP contribution in [-0.4, -0.2) is 29.7 Å². The Morgan fingerprint density at radius 3 is 2.56 bits per heavy atom. The zero-order chi connectivity index (χ0) is 13.4. The lowest BCUT2D eigenvalue weighted by atomic mass is 10.3. The molecule has 94 valence electrons. The van der Waals surface area contributed by atoms with Gasteiger partial charge in [0.05, 0.1) is 5.56 Å². The van der Waals surface area contributed by atoms with Crippen LogP contribution in [0.3, 0.4) is 0 Å². The number of aryl methyl sites for hydroxylation is 1. The van der Waals surface area contributed by atoms with Crippen molar-refractivity contribution in [3.05, 3.63) is 38.2 Å². The summed E-state index contributed by atoms with van der Waals surface area (Å²) in [7, 11) is 0. The summed E-state index contributed by atoms with van der Waals surface area (Å²) in [6.45, 7) is 3.00. The maximum Gasteiger partial charge on any atom is 0.334 e. The summed E-state index contributed by atoms with van der Waals surface area (Å²) in [5, 5.41) is 18.7. The van der Waals surface area contributed by atoms with Crippen LogP contribution in [0.15, 0.2) is 15.8 Å². The van der Waals surface area contributed by atoms with Crippen molar-refractivity contribution in [3.8, 4) is 17.7 Å². The highest BCUT2D eigenvalue weighted by atomic mass is 16.3. The van der Waals surface area contributed by atoms with Crippen LogP contribution >= 0.6 is 0 Å². The first-order valence-corrected chi connectivity index (χ1v) is 4.99. The molecule has 0 aliphatic rings. The number of aromatic nitrogens is 4. The molecule has 3 N–H and O–H groups in total. The highest BCUT2D eigenvalue weighted by Gasteiger charge is 2.13. The van der Waals surface area contributed by atoms with E-state index in [2.05, 4.69) is 15.0 Å². The molecule has 0 fully saturated rings. The third-order valence-corrected chi connectivity index (χ3v) is 2.43. The minimum Gasteiger partial charge on any atom is -0.493 e. The largest absolute Gasteiger partial charge is 0.493 e. The Kier molecular flexibility index (Phi) is 2.62. The summed E-state index contributed by atoms with van der Waals surface area (Å²) in [6.07, 6.45) is 1.27. The van der Waals surface area contributed by atoms with Crippen LogP contribution in [0, 0.1) is 13.8 Å². The van der Waals surface area contributed by atoms with Crippen molar-refractivity contribution in [2.75, 3.05) is 0 Å². The molecule has 8 heteroatoms. The Bertz CT molecular complexity index is 732. The van der Waals surface area contributed by atoms with Crippen molar-refractivity contribution in [1.82, 2.24) is 19.5 Å². The molecular formula is C10H10N4O4. The number of nitrogens with one attached hydrogen (secondary N) is 1. The Balaban J connectivity index is 2.81.